The first kappa shape index (κ1) is 28.7. The van der Waals surface area contributed by atoms with Crippen LogP contribution in [0.1, 0.15) is 56.2 Å². The van der Waals surface area contributed by atoms with E-state index in [0.29, 0.717) is 51.7 Å². The van der Waals surface area contributed by atoms with Crippen LogP contribution in [-0.4, -0.2) is 68.8 Å². The van der Waals surface area contributed by atoms with E-state index in [2.05, 4.69) is 4.98 Å². The number of ether oxygens (including phenoxy) is 1. The molecule has 2 saturated heterocycles. The monoisotopic (exact) mass is 560 g/mol. The molecular formula is C32H36N2O7. The van der Waals surface area contributed by atoms with Crippen LogP contribution in [0.3, 0.4) is 0 Å². The third-order valence-electron chi connectivity index (χ3n) is 8.44. The average molecular weight is 561 g/mol. The maximum atomic E-state index is 13.5. The number of carbonyl (C=O) groups excluding carboxylic acids is 2. The quantitative estimate of drug-likeness (QED) is 0.201. The van der Waals surface area contributed by atoms with Gasteiger partial charge in [-0.15, -0.1) is 0 Å². The molecule has 0 unspecified atom stereocenters. The number of carboxylic acids is 1. The van der Waals surface area contributed by atoms with Gasteiger partial charge in [0.15, 0.2) is 0 Å². The minimum atomic E-state index is -0.850. The number of hydrogen-bond acceptors (Lipinski definition) is 7. The van der Waals surface area contributed by atoms with Crippen molar-refractivity contribution in [2.75, 3.05) is 19.8 Å². The van der Waals surface area contributed by atoms with E-state index in [1.807, 2.05) is 30.3 Å². The lowest BCUT2D eigenvalue weighted by atomic mass is 9.69. The number of unbranched alkanes of at least 4 members (excludes halogenated alkanes) is 2. The summed E-state index contributed by atoms with van der Waals surface area (Å²) in [5.41, 5.74) is 4.39. The third-order valence-corrected chi connectivity index (χ3v) is 8.44. The highest BCUT2D eigenvalue weighted by molar-refractivity contribution is 6.06. The fourth-order valence-corrected chi connectivity index (χ4v) is 6.56. The molecule has 2 aliphatic heterocycles. The molecular weight excluding hydrogens is 524 g/mol. The first-order valence-corrected chi connectivity index (χ1v) is 14.3. The van der Waals surface area contributed by atoms with Gasteiger partial charge in [-0.25, -0.2) is 0 Å². The van der Waals surface area contributed by atoms with Crippen molar-refractivity contribution in [2.24, 2.45) is 17.8 Å². The van der Waals surface area contributed by atoms with Crippen molar-refractivity contribution in [3.8, 4) is 5.75 Å². The number of phenolic OH excluding ortho intramolecular Hbond substituents is 1. The molecule has 41 heavy (non-hydrogen) atoms. The summed E-state index contributed by atoms with van der Waals surface area (Å²) in [5, 5.41) is 29.1. The molecule has 2 fully saturated rings. The van der Waals surface area contributed by atoms with Gasteiger partial charge in [0.2, 0.25) is 11.8 Å². The van der Waals surface area contributed by atoms with E-state index in [-0.39, 0.29) is 42.6 Å². The molecule has 3 aliphatic rings. The highest BCUT2D eigenvalue weighted by Gasteiger charge is 2.56. The topological polar surface area (TPSA) is 137 Å². The summed E-state index contributed by atoms with van der Waals surface area (Å²) in [5.74, 6) is -2.27. The molecule has 1 aliphatic carbocycles. The number of aromatic nitrogens is 1. The normalized spacial score (nSPS) is 24.1. The lowest BCUT2D eigenvalue weighted by molar-refractivity contribution is -0.141. The number of aliphatic hydroxyl groups excluding tert-OH is 1. The Hall–Kier alpha value is -3.82. The number of amides is 2. The van der Waals surface area contributed by atoms with Crippen LogP contribution in [0.5, 0.6) is 5.75 Å². The summed E-state index contributed by atoms with van der Waals surface area (Å²) in [4.78, 5) is 43.4. The van der Waals surface area contributed by atoms with E-state index in [4.69, 9.17) is 9.84 Å². The molecule has 2 aromatic rings. The van der Waals surface area contributed by atoms with Crippen LogP contribution in [-0.2, 0) is 19.1 Å². The van der Waals surface area contributed by atoms with E-state index in [1.54, 1.807) is 24.4 Å². The first-order chi connectivity index (χ1) is 19.9. The van der Waals surface area contributed by atoms with Crippen LogP contribution < -0.4 is 0 Å². The van der Waals surface area contributed by atoms with Crippen molar-refractivity contribution < 1.29 is 34.4 Å². The Morgan fingerprint density at radius 1 is 1.05 bits per heavy atom. The van der Waals surface area contributed by atoms with Crippen LogP contribution in [0.4, 0.5) is 0 Å². The number of likely N-dealkylation sites (tertiary alicyclic amines) is 1. The number of allylic oxidation sites excluding steroid dienone is 1. The number of nitrogens with zero attached hydrogens (tertiary/aromatic N) is 2. The minimum Gasteiger partial charge on any atom is -0.508 e. The molecule has 4 atom stereocenters. The lowest BCUT2D eigenvalue weighted by Crippen LogP contribution is -2.35. The number of imide groups is 1. The second-order valence-electron chi connectivity index (χ2n) is 11.0. The summed E-state index contributed by atoms with van der Waals surface area (Å²) in [6, 6.07) is 12.7. The van der Waals surface area contributed by atoms with Crippen molar-refractivity contribution >= 4 is 29.4 Å². The maximum absolute atomic E-state index is 13.5. The van der Waals surface area contributed by atoms with Gasteiger partial charge in [0.05, 0.1) is 36.8 Å². The van der Waals surface area contributed by atoms with E-state index in [9.17, 15) is 24.6 Å². The molecule has 216 valence electrons. The molecule has 0 bridgehead atoms. The van der Waals surface area contributed by atoms with Crippen LogP contribution in [0.15, 0.2) is 59.8 Å². The number of rotatable bonds is 12. The van der Waals surface area contributed by atoms with Crippen LogP contribution in [0.2, 0.25) is 0 Å². The highest BCUT2D eigenvalue weighted by Crippen LogP contribution is 2.50. The number of carboxylic acid groups (broad SMARTS) is 1. The Morgan fingerprint density at radius 3 is 2.63 bits per heavy atom. The molecule has 9 heteroatoms. The molecule has 0 spiro atoms. The molecule has 1 aromatic heterocycles. The fraction of sp³-hybridized carbons (Fsp3) is 0.438. The van der Waals surface area contributed by atoms with Crippen LogP contribution >= 0.6 is 0 Å². The van der Waals surface area contributed by atoms with Crippen molar-refractivity contribution in [3.05, 3.63) is 71.1 Å². The number of fused-ring (bicyclic) bond motifs is 3. The van der Waals surface area contributed by atoms with Gasteiger partial charge in [-0.3, -0.25) is 24.3 Å². The molecule has 2 amide bonds. The number of aliphatic carboxylic acids is 1. The van der Waals surface area contributed by atoms with Crippen molar-refractivity contribution in [3.63, 3.8) is 0 Å². The third kappa shape index (κ3) is 6.26. The number of aromatic hydroxyl groups is 1. The van der Waals surface area contributed by atoms with E-state index in [0.717, 1.165) is 28.0 Å². The number of pyridine rings is 1. The molecule has 3 N–H and O–H groups in total. The highest BCUT2D eigenvalue weighted by atomic mass is 16.5. The largest absolute Gasteiger partial charge is 0.508 e. The Kier molecular flexibility index (Phi) is 8.95. The molecule has 3 heterocycles. The van der Waals surface area contributed by atoms with Crippen LogP contribution in [0, 0.1) is 17.8 Å². The minimum absolute atomic E-state index is 0.0755. The Morgan fingerprint density at radius 2 is 1.90 bits per heavy atom. The van der Waals surface area contributed by atoms with E-state index >= 15 is 0 Å². The second kappa shape index (κ2) is 12.8. The Balaban J connectivity index is 1.31. The summed E-state index contributed by atoms with van der Waals surface area (Å²) in [6.45, 7) is 0.432. The van der Waals surface area contributed by atoms with Gasteiger partial charge in [-0.1, -0.05) is 24.6 Å². The number of aliphatic hydroxyl groups is 1. The fourth-order valence-electron chi connectivity index (χ4n) is 6.56. The SMILES string of the molecule is O=C(O)CCCCCN1C(=O)[C@@H]2[C@@H](CC(CO)=C3[C@@H](CC/C(=C/c4cccc(O)c4)c4ccccn4)OC[C@@H]32)C1=O. The smallest absolute Gasteiger partial charge is 0.303 e. The van der Waals surface area contributed by atoms with E-state index in [1.165, 1.54) is 4.90 Å². The molecule has 1 aromatic carbocycles. The summed E-state index contributed by atoms with van der Waals surface area (Å²) >= 11 is 0. The lowest BCUT2D eigenvalue weighted by Gasteiger charge is -2.31. The summed E-state index contributed by atoms with van der Waals surface area (Å²) in [7, 11) is 0. The van der Waals surface area contributed by atoms with Gasteiger partial charge < -0.3 is 20.1 Å². The zero-order valence-corrected chi connectivity index (χ0v) is 22.9. The van der Waals surface area contributed by atoms with Crippen molar-refractivity contribution in [1.82, 2.24) is 9.88 Å². The molecule has 5 rings (SSSR count). The molecule has 9 nitrogen and oxygen atoms in total. The van der Waals surface area contributed by atoms with Crippen molar-refractivity contribution in [2.45, 2.75) is 51.0 Å². The number of hydrogen-bond donors (Lipinski definition) is 3. The van der Waals surface area contributed by atoms with E-state index < -0.39 is 17.8 Å². The molecule has 0 radical (unpaired) electrons. The summed E-state index contributed by atoms with van der Waals surface area (Å²) in [6.07, 6.45) is 6.83. The average Bonchev–Trinajstić information content (AvgIpc) is 3.49. The predicted molar refractivity (Wildman–Crippen MR) is 151 cm³/mol. The Labute approximate surface area is 239 Å². The summed E-state index contributed by atoms with van der Waals surface area (Å²) < 4.78 is 6.26. The van der Waals surface area contributed by atoms with Gasteiger partial charge in [0.25, 0.3) is 0 Å². The predicted octanol–water partition coefficient (Wildman–Crippen LogP) is 4.06. The van der Waals surface area contributed by atoms with Gasteiger partial charge in [-0.2, -0.15) is 0 Å². The Bertz CT molecular complexity index is 1350. The molecule has 0 saturated carbocycles. The van der Waals surface area contributed by atoms with Gasteiger partial charge in [0.1, 0.15) is 5.75 Å². The zero-order chi connectivity index (χ0) is 28.9. The number of phenols is 1. The number of carbonyl (C=O) groups is 3. The van der Waals surface area contributed by atoms with Crippen LogP contribution in [0.25, 0.3) is 11.6 Å². The van der Waals surface area contributed by atoms with Gasteiger partial charge >= 0.3 is 5.97 Å². The zero-order valence-electron chi connectivity index (χ0n) is 22.9. The van der Waals surface area contributed by atoms with Crippen molar-refractivity contribution in [1.29, 1.82) is 0 Å². The van der Waals surface area contributed by atoms with Gasteiger partial charge in [0, 0.05) is 25.1 Å². The number of benzene rings is 1. The second-order valence-corrected chi connectivity index (χ2v) is 11.0. The first-order valence-electron chi connectivity index (χ1n) is 14.3. The maximum Gasteiger partial charge on any atom is 0.303 e. The standard InChI is InChI=1S/C32H36N2O7/c35-18-22-17-24-30(32(40)34(31(24)39)14-5-1-2-10-28(37)38)25-19-41-27(29(22)25)12-11-21(26-9-3-4-13-33-26)15-20-7-6-8-23(36)16-20/h3-4,6-9,13,15-16,24-25,27,30,35-36H,1-2,5,10-12,14,17-19H2,(H,37,38)/b21-15-/t24-,25+,27-,30-/m1/s1. The van der Waals surface area contributed by atoms with Gasteiger partial charge in [-0.05, 0) is 84.7 Å².